The Balaban J connectivity index is 0.00000289. The number of fused-ring (bicyclic) bond motifs is 1. The molecule has 0 amide bonds. The lowest BCUT2D eigenvalue weighted by Gasteiger charge is -2.33. The van der Waals surface area contributed by atoms with Crippen LogP contribution in [0.3, 0.4) is 0 Å². The number of hydrogen-bond acceptors (Lipinski definition) is 5. The van der Waals surface area contributed by atoms with Crippen LogP contribution >= 0.6 is 12.4 Å². The van der Waals surface area contributed by atoms with Crippen molar-refractivity contribution >= 4 is 29.3 Å². The zero-order chi connectivity index (χ0) is 23.5. The zero-order valence-electron chi connectivity index (χ0n) is 19.5. The first kappa shape index (κ1) is 24.5. The van der Waals surface area contributed by atoms with Crippen LogP contribution in [-0.2, 0) is 19.5 Å². The van der Waals surface area contributed by atoms with Gasteiger partial charge in [-0.1, -0.05) is 60.7 Å². The van der Waals surface area contributed by atoms with Crippen LogP contribution in [0.4, 0.5) is 5.82 Å². The molecule has 8 heteroatoms. The number of anilines is 1. The van der Waals surface area contributed by atoms with E-state index in [9.17, 15) is 10.1 Å². The summed E-state index contributed by atoms with van der Waals surface area (Å²) in [7, 11) is 0. The van der Waals surface area contributed by atoms with Crippen molar-refractivity contribution in [2.75, 3.05) is 18.0 Å². The SMILES string of the molecule is Cl.N#Cc1c(N2CCC[C@H](N)C2)n(Cc2ccccc2)c2c(=O)n(CCc3ccccc3)cnc12. The van der Waals surface area contributed by atoms with Crippen LogP contribution < -0.4 is 16.2 Å². The quantitative estimate of drug-likeness (QED) is 0.446. The molecule has 0 aliphatic carbocycles. The fourth-order valence-electron chi connectivity index (χ4n) is 4.86. The lowest BCUT2D eigenvalue weighted by Crippen LogP contribution is -2.44. The molecule has 2 aromatic heterocycles. The van der Waals surface area contributed by atoms with E-state index in [1.807, 2.05) is 53.1 Å². The van der Waals surface area contributed by atoms with Gasteiger partial charge in [-0.2, -0.15) is 5.26 Å². The topological polar surface area (TPSA) is 92.9 Å². The maximum absolute atomic E-state index is 13.7. The van der Waals surface area contributed by atoms with Gasteiger partial charge in [0.15, 0.2) is 0 Å². The number of rotatable bonds is 6. The molecule has 0 spiro atoms. The van der Waals surface area contributed by atoms with Crippen LogP contribution in [0.2, 0.25) is 0 Å². The minimum atomic E-state index is -0.124. The Morgan fingerprint density at radius 2 is 1.74 bits per heavy atom. The summed E-state index contributed by atoms with van der Waals surface area (Å²) < 4.78 is 3.64. The van der Waals surface area contributed by atoms with Crippen molar-refractivity contribution in [1.29, 1.82) is 5.26 Å². The Morgan fingerprint density at radius 1 is 1.06 bits per heavy atom. The standard InChI is InChI=1S/C27H28N6O.ClH/c28-16-23-24-25(27(34)32(19-30-24)15-13-20-8-3-1-4-9-20)33(17-21-10-5-2-6-11-21)26(23)31-14-7-12-22(29)18-31;/h1-6,8-11,19,22H,7,12-15,17-18,29H2;1H/t22-;/m0./s1. The molecule has 35 heavy (non-hydrogen) atoms. The number of halogens is 1. The van der Waals surface area contributed by atoms with Crippen molar-refractivity contribution < 1.29 is 0 Å². The summed E-state index contributed by atoms with van der Waals surface area (Å²) in [6, 6.07) is 22.5. The summed E-state index contributed by atoms with van der Waals surface area (Å²) in [5, 5.41) is 10.1. The highest BCUT2D eigenvalue weighted by atomic mass is 35.5. The van der Waals surface area contributed by atoms with Gasteiger partial charge in [-0.05, 0) is 30.4 Å². The molecule has 5 rings (SSSR count). The van der Waals surface area contributed by atoms with Gasteiger partial charge in [0.05, 0.1) is 6.33 Å². The molecule has 1 fully saturated rings. The van der Waals surface area contributed by atoms with Gasteiger partial charge in [-0.25, -0.2) is 4.98 Å². The van der Waals surface area contributed by atoms with E-state index >= 15 is 0 Å². The molecule has 2 aromatic carbocycles. The van der Waals surface area contributed by atoms with Crippen LogP contribution in [-0.4, -0.2) is 33.2 Å². The van der Waals surface area contributed by atoms with Crippen LogP contribution in [0, 0.1) is 11.3 Å². The molecule has 1 atom stereocenters. The number of hydrogen-bond donors (Lipinski definition) is 1. The number of nitriles is 1. The molecule has 1 saturated heterocycles. The second kappa shape index (κ2) is 10.8. The molecule has 1 aliphatic rings. The third-order valence-corrected chi connectivity index (χ3v) is 6.54. The number of benzene rings is 2. The maximum atomic E-state index is 13.7. The smallest absolute Gasteiger partial charge is 0.277 e. The molecule has 0 bridgehead atoms. The molecule has 1 aliphatic heterocycles. The van der Waals surface area contributed by atoms with E-state index in [-0.39, 0.29) is 24.0 Å². The Morgan fingerprint density at radius 3 is 2.40 bits per heavy atom. The predicted octanol–water partition coefficient (Wildman–Crippen LogP) is 3.71. The second-order valence-electron chi connectivity index (χ2n) is 8.91. The summed E-state index contributed by atoms with van der Waals surface area (Å²) in [6.45, 7) is 2.46. The van der Waals surface area contributed by atoms with E-state index in [0.717, 1.165) is 42.8 Å². The van der Waals surface area contributed by atoms with Crippen LogP contribution in [0.25, 0.3) is 11.0 Å². The molecular weight excluding hydrogens is 460 g/mol. The number of aryl methyl sites for hydroxylation is 2. The van der Waals surface area contributed by atoms with E-state index in [2.05, 4.69) is 28.1 Å². The normalized spacial score (nSPS) is 15.5. The zero-order valence-corrected chi connectivity index (χ0v) is 20.3. The Labute approximate surface area is 210 Å². The first-order chi connectivity index (χ1) is 16.7. The molecule has 0 radical (unpaired) electrons. The first-order valence-corrected chi connectivity index (χ1v) is 11.8. The molecule has 0 unspecified atom stereocenters. The van der Waals surface area contributed by atoms with E-state index in [4.69, 9.17) is 5.73 Å². The average Bonchev–Trinajstić information content (AvgIpc) is 3.18. The van der Waals surface area contributed by atoms with Crippen molar-refractivity contribution in [3.05, 3.63) is 94.0 Å². The third kappa shape index (κ3) is 4.95. The lowest BCUT2D eigenvalue weighted by molar-refractivity contribution is 0.498. The highest BCUT2D eigenvalue weighted by Gasteiger charge is 2.28. The predicted molar refractivity (Wildman–Crippen MR) is 141 cm³/mol. The van der Waals surface area contributed by atoms with Gasteiger partial charge in [0.2, 0.25) is 0 Å². The van der Waals surface area contributed by atoms with Crippen molar-refractivity contribution in [3.8, 4) is 6.07 Å². The van der Waals surface area contributed by atoms with E-state index < -0.39 is 0 Å². The summed E-state index contributed by atoms with van der Waals surface area (Å²) in [5.74, 6) is 0.752. The number of piperidine rings is 1. The minimum absolute atomic E-state index is 0. The van der Waals surface area contributed by atoms with Crippen molar-refractivity contribution in [1.82, 2.24) is 14.1 Å². The lowest BCUT2D eigenvalue weighted by atomic mass is 10.1. The Kier molecular flexibility index (Phi) is 7.54. The van der Waals surface area contributed by atoms with Crippen LogP contribution in [0.5, 0.6) is 0 Å². The number of aromatic nitrogens is 3. The van der Waals surface area contributed by atoms with E-state index in [1.54, 1.807) is 10.9 Å². The highest BCUT2D eigenvalue weighted by molar-refractivity contribution is 5.89. The average molecular weight is 489 g/mol. The summed E-state index contributed by atoms with van der Waals surface area (Å²) in [6.07, 6.45) is 4.22. The molecule has 4 aromatic rings. The van der Waals surface area contributed by atoms with Crippen LogP contribution in [0.15, 0.2) is 71.8 Å². The van der Waals surface area contributed by atoms with Gasteiger partial charge >= 0.3 is 0 Å². The fourth-order valence-corrected chi connectivity index (χ4v) is 4.86. The molecule has 180 valence electrons. The van der Waals surface area contributed by atoms with Crippen LogP contribution in [0.1, 0.15) is 29.5 Å². The summed E-state index contributed by atoms with van der Waals surface area (Å²) in [5.41, 5.74) is 9.78. The number of nitrogens with zero attached hydrogens (tertiary/aromatic N) is 5. The van der Waals surface area contributed by atoms with Gasteiger partial charge in [0.25, 0.3) is 5.56 Å². The Hall–Kier alpha value is -3.60. The van der Waals surface area contributed by atoms with Gasteiger partial charge in [-0.15, -0.1) is 12.4 Å². The van der Waals surface area contributed by atoms with Gasteiger partial charge < -0.3 is 15.2 Å². The van der Waals surface area contributed by atoms with Gasteiger partial charge in [-0.3, -0.25) is 9.36 Å². The Bertz CT molecular complexity index is 1390. The fraction of sp³-hybridized carbons (Fsp3) is 0.296. The van der Waals surface area contributed by atoms with Crippen molar-refractivity contribution in [2.24, 2.45) is 5.73 Å². The second-order valence-corrected chi connectivity index (χ2v) is 8.91. The molecule has 3 heterocycles. The largest absolute Gasteiger partial charge is 0.355 e. The molecule has 2 N–H and O–H groups in total. The van der Waals surface area contributed by atoms with Crippen molar-refractivity contribution in [3.63, 3.8) is 0 Å². The highest BCUT2D eigenvalue weighted by Crippen LogP contribution is 2.32. The summed E-state index contributed by atoms with van der Waals surface area (Å²) in [4.78, 5) is 20.5. The molecule has 0 saturated carbocycles. The van der Waals surface area contributed by atoms with Gasteiger partial charge in [0, 0.05) is 32.2 Å². The summed E-state index contributed by atoms with van der Waals surface area (Å²) >= 11 is 0. The van der Waals surface area contributed by atoms with E-state index in [0.29, 0.717) is 36.2 Å². The van der Waals surface area contributed by atoms with Gasteiger partial charge in [0.1, 0.15) is 28.5 Å². The molecule has 7 nitrogen and oxygen atoms in total. The molecular formula is C27H29ClN6O. The van der Waals surface area contributed by atoms with E-state index in [1.165, 1.54) is 0 Å². The monoisotopic (exact) mass is 488 g/mol. The maximum Gasteiger partial charge on any atom is 0.277 e. The minimum Gasteiger partial charge on any atom is -0.355 e. The first-order valence-electron chi connectivity index (χ1n) is 11.8. The third-order valence-electron chi connectivity index (χ3n) is 6.54. The number of nitrogens with two attached hydrogens (primary N) is 1. The van der Waals surface area contributed by atoms with Crippen molar-refractivity contribution in [2.45, 2.75) is 38.4 Å².